The largest absolute Gasteiger partial charge is 0.480 e. The van der Waals surface area contributed by atoms with Gasteiger partial charge < -0.3 is 15.6 Å². The summed E-state index contributed by atoms with van der Waals surface area (Å²) in [5.41, 5.74) is 5.08. The first kappa shape index (κ1) is 12.4. The van der Waals surface area contributed by atoms with Crippen molar-refractivity contribution in [2.24, 2.45) is 5.73 Å². The number of rotatable bonds is 4. The number of hydrogen-bond donors (Lipinski definition) is 2. The smallest absolute Gasteiger partial charge is 0.322 e. The number of carbonyl (C=O) groups is 1. The molecule has 0 amide bonds. The normalized spacial score (nSPS) is 11.8. The highest BCUT2D eigenvalue weighted by atomic mass is 35.5. The van der Waals surface area contributed by atoms with E-state index in [4.69, 9.17) is 15.6 Å². The van der Waals surface area contributed by atoms with Crippen LogP contribution in [0.3, 0.4) is 0 Å². The van der Waals surface area contributed by atoms with Crippen LogP contribution in [0.15, 0.2) is 0 Å². The lowest BCUT2D eigenvalue weighted by molar-refractivity contribution is -0.139. The maximum Gasteiger partial charge on any atom is 0.322 e. The molecule has 0 aliphatic heterocycles. The SMILES string of the molecule is CCOC[C@H](N)C(=O)O.Cl. The summed E-state index contributed by atoms with van der Waals surface area (Å²) in [7, 11) is 0. The van der Waals surface area contributed by atoms with Gasteiger partial charge in [0.15, 0.2) is 0 Å². The van der Waals surface area contributed by atoms with Gasteiger partial charge in [-0.05, 0) is 6.92 Å². The Kier molecular flexibility index (Phi) is 8.40. The second-order valence-electron chi connectivity index (χ2n) is 1.60. The van der Waals surface area contributed by atoms with Gasteiger partial charge in [-0.15, -0.1) is 12.4 Å². The number of nitrogens with two attached hydrogens (primary N) is 1. The lowest BCUT2D eigenvalue weighted by Crippen LogP contribution is -2.34. The first-order valence-corrected chi connectivity index (χ1v) is 2.74. The van der Waals surface area contributed by atoms with E-state index < -0.39 is 12.0 Å². The topological polar surface area (TPSA) is 72.5 Å². The van der Waals surface area contributed by atoms with Gasteiger partial charge in [-0.1, -0.05) is 0 Å². The van der Waals surface area contributed by atoms with Gasteiger partial charge in [0.2, 0.25) is 0 Å². The van der Waals surface area contributed by atoms with E-state index in [1.165, 1.54) is 0 Å². The Morgan fingerprint density at radius 3 is 2.60 bits per heavy atom. The van der Waals surface area contributed by atoms with Gasteiger partial charge in [0.1, 0.15) is 6.04 Å². The molecule has 0 spiro atoms. The number of ether oxygens (including phenoxy) is 1. The van der Waals surface area contributed by atoms with Crippen LogP contribution in [-0.4, -0.2) is 30.3 Å². The molecule has 0 aromatic heterocycles. The maximum atomic E-state index is 10.0. The van der Waals surface area contributed by atoms with Crippen molar-refractivity contribution in [2.45, 2.75) is 13.0 Å². The number of halogens is 1. The minimum Gasteiger partial charge on any atom is -0.480 e. The number of aliphatic carboxylic acids is 1. The van der Waals surface area contributed by atoms with Crippen LogP contribution in [0.2, 0.25) is 0 Å². The molecule has 0 heterocycles. The molecular formula is C5H12ClNO3. The van der Waals surface area contributed by atoms with Gasteiger partial charge in [-0.25, -0.2) is 0 Å². The van der Waals surface area contributed by atoms with Crippen LogP contribution in [0.25, 0.3) is 0 Å². The van der Waals surface area contributed by atoms with E-state index in [1.54, 1.807) is 6.92 Å². The lowest BCUT2D eigenvalue weighted by Gasteiger charge is -2.03. The molecule has 0 saturated heterocycles. The Bertz CT molecular complexity index is 98.9. The fourth-order valence-corrected chi connectivity index (χ4v) is 0.316. The molecule has 4 nitrogen and oxygen atoms in total. The Morgan fingerprint density at radius 2 is 2.30 bits per heavy atom. The summed E-state index contributed by atoms with van der Waals surface area (Å²) < 4.78 is 4.75. The lowest BCUT2D eigenvalue weighted by atomic mass is 10.3. The van der Waals surface area contributed by atoms with Crippen molar-refractivity contribution < 1.29 is 14.6 Å². The fraction of sp³-hybridized carbons (Fsp3) is 0.800. The Morgan fingerprint density at radius 1 is 1.80 bits per heavy atom. The van der Waals surface area contributed by atoms with Gasteiger partial charge in [-0.3, -0.25) is 4.79 Å². The van der Waals surface area contributed by atoms with Crippen molar-refractivity contribution in [2.75, 3.05) is 13.2 Å². The van der Waals surface area contributed by atoms with E-state index in [1.807, 2.05) is 0 Å². The first-order chi connectivity index (χ1) is 4.18. The molecule has 1 atom stereocenters. The van der Waals surface area contributed by atoms with Crippen LogP contribution in [-0.2, 0) is 9.53 Å². The zero-order chi connectivity index (χ0) is 7.28. The average molecular weight is 170 g/mol. The van der Waals surface area contributed by atoms with E-state index in [2.05, 4.69) is 0 Å². The third-order valence-electron chi connectivity index (χ3n) is 0.819. The molecule has 0 radical (unpaired) electrons. The maximum absolute atomic E-state index is 10.0. The summed E-state index contributed by atoms with van der Waals surface area (Å²) in [6.45, 7) is 2.38. The van der Waals surface area contributed by atoms with Gasteiger partial charge >= 0.3 is 5.97 Å². The predicted octanol–water partition coefficient (Wildman–Crippen LogP) is -0.143. The third-order valence-corrected chi connectivity index (χ3v) is 0.819. The Labute approximate surface area is 65.8 Å². The molecule has 0 bridgehead atoms. The van der Waals surface area contributed by atoms with Gasteiger partial charge in [0, 0.05) is 6.61 Å². The zero-order valence-electron chi connectivity index (χ0n) is 5.74. The van der Waals surface area contributed by atoms with Crippen molar-refractivity contribution in [3.05, 3.63) is 0 Å². The summed E-state index contributed by atoms with van der Waals surface area (Å²) in [5.74, 6) is -1.02. The monoisotopic (exact) mass is 169 g/mol. The first-order valence-electron chi connectivity index (χ1n) is 2.74. The molecule has 0 saturated carbocycles. The van der Waals surface area contributed by atoms with Gasteiger partial charge in [0.05, 0.1) is 6.61 Å². The average Bonchev–Trinajstić information content (AvgIpc) is 1.82. The fourth-order valence-electron chi connectivity index (χ4n) is 0.316. The molecule has 3 N–H and O–H groups in total. The second kappa shape index (κ2) is 6.80. The predicted molar refractivity (Wildman–Crippen MR) is 39.4 cm³/mol. The standard InChI is InChI=1S/C5H11NO3.ClH/c1-2-9-3-4(6)5(7)8;/h4H,2-3,6H2,1H3,(H,7,8);1H/t4-;/m0./s1. The Balaban J connectivity index is 0. The van der Waals surface area contributed by atoms with Crippen LogP contribution < -0.4 is 5.73 Å². The summed E-state index contributed by atoms with van der Waals surface area (Å²) >= 11 is 0. The zero-order valence-corrected chi connectivity index (χ0v) is 6.56. The van der Waals surface area contributed by atoms with Crippen LogP contribution in [0.5, 0.6) is 0 Å². The van der Waals surface area contributed by atoms with E-state index in [-0.39, 0.29) is 19.0 Å². The minimum atomic E-state index is -1.02. The summed E-state index contributed by atoms with van der Waals surface area (Å²) in [4.78, 5) is 10.0. The molecule has 0 aromatic carbocycles. The molecule has 0 aliphatic carbocycles. The van der Waals surface area contributed by atoms with Crippen LogP contribution in [0, 0.1) is 0 Å². The van der Waals surface area contributed by atoms with Crippen molar-refractivity contribution >= 4 is 18.4 Å². The molecule has 5 heteroatoms. The number of carboxylic acid groups (broad SMARTS) is 1. The molecule has 0 rings (SSSR count). The minimum absolute atomic E-state index is 0. The van der Waals surface area contributed by atoms with Crippen molar-refractivity contribution in [1.29, 1.82) is 0 Å². The second-order valence-corrected chi connectivity index (χ2v) is 1.60. The van der Waals surface area contributed by atoms with Crippen molar-refractivity contribution in [1.82, 2.24) is 0 Å². The molecule has 0 fully saturated rings. The highest BCUT2D eigenvalue weighted by molar-refractivity contribution is 5.85. The molecule has 10 heavy (non-hydrogen) atoms. The quantitative estimate of drug-likeness (QED) is 0.614. The number of hydrogen-bond acceptors (Lipinski definition) is 3. The molecular weight excluding hydrogens is 158 g/mol. The number of carboxylic acids is 1. The molecule has 0 aliphatic rings. The molecule has 62 valence electrons. The Hall–Kier alpha value is -0.320. The van der Waals surface area contributed by atoms with Crippen molar-refractivity contribution in [3.8, 4) is 0 Å². The van der Waals surface area contributed by atoms with E-state index in [0.29, 0.717) is 6.61 Å². The van der Waals surface area contributed by atoms with Gasteiger partial charge in [0.25, 0.3) is 0 Å². The van der Waals surface area contributed by atoms with Crippen LogP contribution in [0.4, 0.5) is 0 Å². The molecule has 0 unspecified atom stereocenters. The summed E-state index contributed by atoms with van der Waals surface area (Å²) in [6, 6.07) is -0.884. The van der Waals surface area contributed by atoms with E-state index >= 15 is 0 Å². The van der Waals surface area contributed by atoms with Gasteiger partial charge in [-0.2, -0.15) is 0 Å². The van der Waals surface area contributed by atoms with Crippen LogP contribution >= 0.6 is 12.4 Å². The molecule has 0 aromatic rings. The summed E-state index contributed by atoms with van der Waals surface area (Å²) in [5, 5.41) is 8.20. The van der Waals surface area contributed by atoms with Crippen molar-refractivity contribution in [3.63, 3.8) is 0 Å². The van der Waals surface area contributed by atoms with Crippen LogP contribution in [0.1, 0.15) is 6.92 Å². The highest BCUT2D eigenvalue weighted by Gasteiger charge is 2.09. The highest BCUT2D eigenvalue weighted by Crippen LogP contribution is 1.80. The van der Waals surface area contributed by atoms with E-state index in [9.17, 15) is 4.79 Å². The summed E-state index contributed by atoms with van der Waals surface area (Å²) in [6.07, 6.45) is 0. The third kappa shape index (κ3) is 5.81. The van der Waals surface area contributed by atoms with E-state index in [0.717, 1.165) is 0 Å².